The molecule has 0 radical (unpaired) electrons. The van der Waals surface area contributed by atoms with Crippen LogP contribution in [0.4, 0.5) is 0 Å². The van der Waals surface area contributed by atoms with Crippen LogP contribution in [0.5, 0.6) is 0 Å². The number of halogens is 3. The Balaban J connectivity index is 3.09. The number of hydrogen-bond acceptors (Lipinski definition) is 0. The molecular formula is C7H13Br2Cl. The first-order valence-electron chi connectivity index (χ1n) is 3.53. The van der Waals surface area contributed by atoms with Crippen LogP contribution in [-0.2, 0) is 0 Å². The van der Waals surface area contributed by atoms with Crippen molar-refractivity contribution in [2.75, 3.05) is 16.5 Å². The van der Waals surface area contributed by atoms with E-state index in [9.17, 15) is 0 Å². The Morgan fingerprint density at radius 3 is 2.10 bits per heavy atom. The zero-order valence-corrected chi connectivity index (χ0v) is 9.88. The summed E-state index contributed by atoms with van der Waals surface area (Å²) in [5.41, 5.74) is 0. The molecule has 0 nitrogen and oxygen atoms in total. The summed E-state index contributed by atoms with van der Waals surface area (Å²) in [5, 5.41) is 2.20. The summed E-state index contributed by atoms with van der Waals surface area (Å²) in [6, 6.07) is 0. The zero-order valence-electron chi connectivity index (χ0n) is 5.95. The van der Waals surface area contributed by atoms with E-state index >= 15 is 0 Å². The quantitative estimate of drug-likeness (QED) is 0.516. The van der Waals surface area contributed by atoms with Crippen LogP contribution < -0.4 is 0 Å². The molecule has 0 amide bonds. The molecule has 0 bridgehead atoms. The molecule has 0 spiro atoms. The molecule has 0 aromatic heterocycles. The van der Waals surface area contributed by atoms with E-state index < -0.39 is 0 Å². The summed E-state index contributed by atoms with van der Waals surface area (Å²) in [4.78, 5) is 0. The normalized spacial score (nSPS) is 10.8. The van der Waals surface area contributed by atoms with Gasteiger partial charge in [-0.15, -0.1) is 11.6 Å². The second-order valence-electron chi connectivity index (χ2n) is 2.36. The maximum atomic E-state index is 5.55. The Kier molecular flexibility index (Phi) is 9.39. The Labute approximate surface area is 85.0 Å². The van der Waals surface area contributed by atoms with Crippen LogP contribution in [0, 0.1) is 5.92 Å². The van der Waals surface area contributed by atoms with Gasteiger partial charge in [-0.1, -0.05) is 38.3 Å². The minimum Gasteiger partial charge on any atom is -0.127 e. The largest absolute Gasteiger partial charge is 0.127 e. The van der Waals surface area contributed by atoms with Crippen LogP contribution in [0.25, 0.3) is 0 Å². The number of unbranched alkanes of at least 4 members (excludes halogenated alkanes) is 1. The molecule has 0 rings (SSSR count). The maximum Gasteiger partial charge on any atom is 0.0223 e. The van der Waals surface area contributed by atoms with Crippen molar-refractivity contribution in [1.82, 2.24) is 0 Å². The second-order valence-corrected chi connectivity index (χ2v) is 4.03. The van der Waals surface area contributed by atoms with Crippen molar-refractivity contribution >= 4 is 43.5 Å². The summed E-state index contributed by atoms with van der Waals surface area (Å²) in [6.45, 7) is 0. The lowest BCUT2D eigenvalue weighted by atomic mass is 10.1. The fourth-order valence-corrected chi connectivity index (χ4v) is 2.63. The molecule has 3 heteroatoms. The van der Waals surface area contributed by atoms with E-state index in [-0.39, 0.29) is 0 Å². The average Bonchev–Trinajstić information content (AvgIpc) is 1.99. The van der Waals surface area contributed by atoms with Gasteiger partial charge in [0.25, 0.3) is 0 Å². The van der Waals surface area contributed by atoms with Crippen LogP contribution in [0.2, 0.25) is 0 Å². The summed E-state index contributed by atoms with van der Waals surface area (Å²) in [5.74, 6) is 1.58. The molecule has 0 unspecified atom stereocenters. The van der Waals surface area contributed by atoms with E-state index in [1.807, 2.05) is 0 Å². The van der Waals surface area contributed by atoms with Crippen LogP contribution in [-0.4, -0.2) is 16.5 Å². The molecule has 0 aliphatic rings. The van der Waals surface area contributed by atoms with Crippen molar-refractivity contribution in [2.45, 2.75) is 19.3 Å². The number of alkyl halides is 3. The van der Waals surface area contributed by atoms with Gasteiger partial charge in [0.05, 0.1) is 0 Å². The van der Waals surface area contributed by atoms with Crippen molar-refractivity contribution in [3.05, 3.63) is 0 Å². The molecule has 0 saturated carbocycles. The van der Waals surface area contributed by atoms with Crippen molar-refractivity contribution in [1.29, 1.82) is 0 Å². The number of rotatable bonds is 6. The van der Waals surface area contributed by atoms with Gasteiger partial charge < -0.3 is 0 Å². The molecule has 0 heterocycles. The summed E-state index contributed by atoms with van der Waals surface area (Å²) < 4.78 is 0. The van der Waals surface area contributed by atoms with Gasteiger partial charge >= 0.3 is 0 Å². The van der Waals surface area contributed by atoms with Gasteiger partial charge in [0, 0.05) is 16.5 Å². The average molecular weight is 292 g/mol. The highest BCUT2D eigenvalue weighted by Gasteiger charge is 2.03. The minimum absolute atomic E-state index is 0.781. The molecule has 62 valence electrons. The SMILES string of the molecule is ClCCCCC(CBr)CBr. The first-order valence-corrected chi connectivity index (χ1v) is 6.30. The van der Waals surface area contributed by atoms with Gasteiger partial charge in [0.15, 0.2) is 0 Å². The van der Waals surface area contributed by atoms with Crippen molar-refractivity contribution < 1.29 is 0 Å². The Morgan fingerprint density at radius 2 is 1.70 bits per heavy atom. The highest BCUT2D eigenvalue weighted by molar-refractivity contribution is 9.09. The van der Waals surface area contributed by atoms with Gasteiger partial charge in [-0.05, 0) is 18.8 Å². The summed E-state index contributed by atoms with van der Waals surface area (Å²) >= 11 is 12.5. The van der Waals surface area contributed by atoms with E-state index in [0.717, 1.165) is 28.9 Å². The topological polar surface area (TPSA) is 0 Å². The first-order chi connectivity index (χ1) is 4.85. The lowest BCUT2D eigenvalue weighted by Crippen LogP contribution is -2.02. The Bertz CT molecular complexity index is 64.6. The molecule has 0 saturated heterocycles. The van der Waals surface area contributed by atoms with E-state index in [1.165, 1.54) is 12.8 Å². The lowest BCUT2D eigenvalue weighted by molar-refractivity contribution is 0.572. The monoisotopic (exact) mass is 290 g/mol. The van der Waals surface area contributed by atoms with E-state index in [2.05, 4.69) is 31.9 Å². The fourth-order valence-electron chi connectivity index (χ4n) is 0.723. The maximum absolute atomic E-state index is 5.55. The van der Waals surface area contributed by atoms with Crippen molar-refractivity contribution in [3.63, 3.8) is 0 Å². The molecule has 10 heavy (non-hydrogen) atoms. The second kappa shape index (κ2) is 8.35. The standard InChI is InChI=1S/C7H13Br2Cl/c8-5-7(6-9)3-1-2-4-10/h7H,1-6H2. The zero-order chi connectivity index (χ0) is 7.82. The summed E-state index contributed by atoms with van der Waals surface area (Å²) in [7, 11) is 0. The molecule has 0 fully saturated rings. The van der Waals surface area contributed by atoms with Gasteiger partial charge in [0.2, 0.25) is 0 Å². The predicted molar refractivity (Wildman–Crippen MR) is 55.6 cm³/mol. The Hall–Kier alpha value is 1.25. The predicted octanol–water partition coefficient (Wildman–Crippen LogP) is 3.80. The summed E-state index contributed by atoms with van der Waals surface area (Å²) in [6.07, 6.45) is 3.69. The molecule has 0 aromatic carbocycles. The highest BCUT2D eigenvalue weighted by atomic mass is 79.9. The van der Waals surface area contributed by atoms with E-state index in [1.54, 1.807) is 0 Å². The van der Waals surface area contributed by atoms with Crippen LogP contribution in [0.1, 0.15) is 19.3 Å². The van der Waals surface area contributed by atoms with Crippen LogP contribution in [0.3, 0.4) is 0 Å². The minimum atomic E-state index is 0.781. The lowest BCUT2D eigenvalue weighted by Gasteiger charge is -2.08. The van der Waals surface area contributed by atoms with Gasteiger partial charge in [-0.3, -0.25) is 0 Å². The molecule has 0 aromatic rings. The first kappa shape index (κ1) is 11.2. The molecule has 0 atom stereocenters. The van der Waals surface area contributed by atoms with E-state index in [0.29, 0.717) is 0 Å². The van der Waals surface area contributed by atoms with Crippen molar-refractivity contribution in [3.8, 4) is 0 Å². The smallest absolute Gasteiger partial charge is 0.0223 e. The van der Waals surface area contributed by atoms with E-state index in [4.69, 9.17) is 11.6 Å². The molecular weight excluding hydrogens is 279 g/mol. The van der Waals surface area contributed by atoms with Crippen LogP contribution >= 0.6 is 43.5 Å². The molecule has 0 aliphatic heterocycles. The molecule has 0 aliphatic carbocycles. The Morgan fingerprint density at radius 1 is 1.10 bits per heavy atom. The van der Waals surface area contributed by atoms with Gasteiger partial charge in [-0.25, -0.2) is 0 Å². The van der Waals surface area contributed by atoms with Gasteiger partial charge in [0.1, 0.15) is 0 Å². The molecule has 0 N–H and O–H groups in total. The highest BCUT2D eigenvalue weighted by Crippen LogP contribution is 2.13. The third kappa shape index (κ3) is 5.99. The fraction of sp³-hybridized carbons (Fsp3) is 1.00. The number of hydrogen-bond donors (Lipinski definition) is 0. The van der Waals surface area contributed by atoms with Crippen LogP contribution in [0.15, 0.2) is 0 Å². The third-order valence-electron chi connectivity index (χ3n) is 1.43. The van der Waals surface area contributed by atoms with Gasteiger partial charge in [-0.2, -0.15) is 0 Å². The van der Waals surface area contributed by atoms with Crippen molar-refractivity contribution in [2.24, 2.45) is 5.92 Å². The third-order valence-corrected chi connectivity index (χ3v) is 3.53.